The zero-order valence-corrected chi connectivity index (χ0v) is 9.81. The second kappa shape index (κ2) is 3.36. The summed E-state index contributed by atoms with van der Waals surface area (Å²) in [6, 6.07) is 0. The third-order valence-electron chi connectivity index (χ3n) is 4.04. The number of allylic oxidation sites excluding steroid dienone is 3. The van der Waals surface area contributed by atoms with Gasteiger partial charge in [-0.15, -0.1) is 0 Å². The molecule has 3 aliphatic carbocycles. The first-order chi connectivity index (χ1) is 7.20. The van der Waals surface area contributed by atoms with Crippen molar-refractivity contribution in [2.75, 3.05) is 0 Å². The molecule has 3 atom stereocenters. The maximum absolute atomic E-state index is 11.9. The van der Waals surface area contributed by atoms with Crippen LogP contribution in [-0.4, -0.2) is 5.78 Å². The summed E-state index contributed by atoms with van der Waals surface area (Å²) in [6.07, 6.45) is 6.05. The molecule has 0 aromatic carbocycles. The lowest BCUT2D eigenvalue weighted by molar-refractivity contribution is -0.123. The van der Waals surface area contributed by atoms with Crippen LogP contribution in [0.5, 0.6) is 0 Å². The predicted molar refractivity (Wildman–Crippen MR) is 60.8 cm³/mol. The van der Waals surface area contributed by atoms with Gasteiger partial charge in [-0.2, -0.15) is 0 Å². The molecular weight excluding hydrogens is 231 g/mol. The van der Waals surface area contributed by atoms with Gasteiger partial charge in [0, 0.05) is 18.3 Å². The van der Waals surface area contributed by atoms with Gasteiger partial charge in [0.2, 0.25) is 0 Å². The molecule has 2 fully saturated rings. The van der Waals surface area contributed by atoms with Gasteiger partial charge in [-0.3, -0.25) is 4.79 Å². The van der Waals surface area contributed by atoms with Gasteiger partial charge in [0.1, 0.15) is 10.3 Å². The van der Waals surface area contributed by atoms with Gasteiger partial charge >= 0.3 is 0 Å². The molecular formula is C12H12Cl2O. The Morgan fingerprint density at radius 1 is 1.33 bits per heavy atom. The molecule has 3 heteroatoms. The van der Waals surface area contributed by atoms with Crippen LogP contribution in [0.3, 0.4) is 0 Å². The molecule has 2 bridgehead atoms. The molecule has 0 aromatic rings. The monoisotopic (exact) mass is 242 g/mol. The molecule has 0 saturated heterocycles. The highest BCUT2D eigenvalue weighted by Crippen LogP contribution is 2.59. The highest BCUT2D eigenvalue weighted by atomic mass is 35.5. The van der Waals surface area contributed by atoms with E-state index in [9.17, 15) is 4.79 Å². The van der Waals surface area contributed by atoms with Crippen LogP contribution in [0.2, 0.25) is 0 Å². The molecule has 0 amide bonds. The number of hydrogen-bond acceptors (Lipinski definition) is 1. The second-order valence-electron chi connectivity index (χ2n) is 4.64. The van der Waals surface area contributed by atoms with E-state index in [4.69, 9.17) is 23.2 Å². The van der Waals surface area contributed by atoms with Gasteiger partial charge < -0.3 is 0 Å². The van der Waals surface area contributed by atoms with E-state index in [1.54, 1.807) is 0 Å². The molecule has 3 rings (SSSR count). The summed E-state index contributed by atoms with van der Waals surface area (Å²) in [4.78, 5) is 11.9. The Labute approximate surface area is 99.1 Å². The largest absolute Gasteiger partial charge is 0.299 e. The third-order valence-corrected chi connectivity index (χ3v) is 4.48. The lowest BCUT2D eigenvalue weighted by Gasteiger charge is -2.26. The minimum Gasteiger partial charge on any atom is -0.299 e. The van der Waals surface area contributed by atoms with Crippen molar-refractivity contribution < 1.29 is 4.79 Å². The zero-order valence-electron chi connectivity index (χ0n) is 8.30. The van der Waals surface area contributed by atoms with Crippen LogP contribution >= 0.6 is 23.2 Å². The molecule has 0 aliphatic heterocycles. The number of rotatable bonds is 0. The Balaban J connectivity index is 2.11. The Kier molecular flexibility index (Phi) is 2.22. The van der Waals surface area contributed by atoms with Crippen LogP contribution < -0.4 is 0 Å². The Morgan fingerprint density at radius 3 is 2.80 bits per heavy atom. The molecule has 0 heterocycles. The normalized spacial score (nSPS) is 38.0. The molecule has 0 radical (unpaired) electrons. The van der Waals surface area contributed by atoms with Crippen molar-refractivity contribution in [3.63, 3.8) is 0 Å². The van der Waals surface area contributed by atoms with Crippen molar-refractivity contribution in [3.05, 3.63) is 21.7 Å². The molecule has 0 spiro atoms. The number of hydrogen-bond donors (Lipinski definition) is 0. The first-order valence-electron chi connectivity index (χ1n) is 5.48. The molecule has 2 saturated carbocycles. The summed E-state index contributed by atoms with van der Waals surface area (Å²) in [6.45, 7) is 0. The van der Waals surface area contributed by atoms with Crippen molar-refractivity contribution in [2.45, 2.75) is 25.7 Å². The minimum absolute atomic E-state index is 0.125. The maximum atomic E-state index is 11.9. The topological polar surface area (TPSA) is 17.1 Å². The Morgan fingerprint density at radius 2 is 2.13 bits per heavy atom. The number of fused-ring (bicyclic) bond motifs is 5. The van der Waals surface area contributed by atoms with Gasteiger partial charge in [0.05, 0.1) is 0 Å². The van der Waals surface area contributed by atoms with E-state index < -0.39 is 0 Å². The molecule has 15 heavy (non-hydrogen) atoms. The van der Waals surface area contributed by atoms with E-state index in [0.717, 1.165) is 24.8 Å². The Bertz CT molecular complexity index is 390. The van der Waals surface area contributed by atoms with Crippen molar-refractivity contribution in [3.8, 4) is 0 Å². The van der Waals surface area contributed by atoms with Gasteiger partial charge in [-0.05, 0) is 30.8 Å². The van der Waals surface area contributed by atoms with Crippen LogP contribution in [0.25, 0.3) is 0 Å². The molecule has 0 N–H and O–H groups in total. The lowest BCUT2D eigenvalue weighted by atomic mass is 9.77. The smallest absolute Gasteiger partial charge is 0.140 e. The fraction of sp³-hybridized carbons (Fsp3) is 0.583. The second-order valence-corrected chi connectivity index (χ2v) is 5.59. The number of ketones is 1. The summed E-state index contributed by atoms with van der Waals surface area (Å²) in [5.74, 6) is 1.22. The fourth-order valence-electron chi connectivity index (χ4n) is 3.55. The van der Waals surface area contributed by atoms with E-state index in [1.807, 2.05) is 0 Å². The van der Waals surface area contributed by atoms with Gasteiger partial charge in [0.25, 0.3) is 0 Å². The van der Waals surface area contributed by atoms with Gasteiger partial charge in [0.15, 0.2) is 0 Å². The SMILES string of the molecule is O=C1CCC=C2C1[C@H]1CC[C@@H]2C1=C(Cl)Cl. The van der Waals surface area contributed by atoms with Crippen molar-refractivity contribution >= 4 is 29.0 Å². The van der Waals surface area contributed by atoms with Crippen molar-refractivity contribution in [1.29, 1.82) is 0 Å². The summed E-state index contributed by atoms with van der Waals surface area (Å²) in [5, 5.41) is 0. The number of carbonyl (C=O) groups is 1. The number of carbonyl (C=O) groups excluding carboxylic acids is 1. The standard InChI is InChI=1S/C12H12Cl2O/c13-12(14)11-7-4-5-8(11)10-6(7)2-1-3-9(10)15/h2,7-8,10H,1,3-5H2/t7-,8+,10?/m0/s1. The third kappa shape index (κ3) is 1.26. The average molecular weight is 243 g/mol. The number of halogens is 2. The fourth-order valence-corrected chi connectivity index (χ4v) is 4.09. The van der Waals surface area contributed by atoms with Crippen LogP contribution in [0.1, 0.15) is 25.7 Å². The van der Waals surface area contributed by atoms with E-state index in [0.29, 0.717) is 28.5 Å². The van der Waals surface area contributed by atoms with E-state index in [1.165, 1.54) is 5.57 Å². The molecule has 3 aliphatic rings. The number of Topliss-reactive ketones (excluding diaryl/α,β-unsaturated/α-hetero) is 1. The Hall–Kier alpha value is -0.270. The van der Waals surface area contributed by atoms with Crippen LogP contribution in [0, 0.1) is 17.8 Å². The van der Waals surface area contributed by atoms with E-state index in [2.05, 4.69) is 6.08 Å². The summed E-state index contributed by atoms with van der Waals surface area (Å²) in [7, 11) is 0. The first-order valence-corrected chi connectivity index (χ1v) is 6.23. The highest BCUT2D eigenvalue weighted by molar-refractivity contribution is 6.56. The van der Waals surface area contributed by atoms with Crippen molar-refractivity contribution in [2.24, 2.45) is 17.8 Å². The van der Waals surface area contributed by atoms with E-state index in [-0.39, 0.29) is 5.92 Å². The molecule has 0 aromatic heterocycles. The summed E-state index contributed by atoms with van der Waals surface area (Å²) < 4.78 is 0.408. The van der Waals surface area contributed by atoms with Crippen molar-refractivity contribution in [1.82, 2.24) is 0 Å². The van der Waals surface area contributed by atoms with Crippen LogP contribution in [0.4, 0.5) is 0 Å². The summed E-state index contributed by atoms with van der Waals surface area (Å²) in [5.41, 5.74) is 2.46. The molecule has 1 nitrogen and oxygen atoms in total. The average Bonchev–Trinajstić information content (AvgIpc) is 2.73. The molecule has 1 unspecified atom stereocenters. The van der Waals surface area contributed by atoms with Crippen LogP contribution in [-0.2, 0) is 4.79 Å². The van der Waals surface area contributed by atoms with Gasteiger partial charge in [-0.25, -0.2) is 0 Å². The lowest BCUT2D eigenvalue weighted by Crippen LogP contribution is -2.25. The van der Waals surface area contributed by atoms with E-state index >= 15 is 0 Å². The highest BCUT2D eigenvalue weighted by Gasteiger charge is 2.51. The summed E-state index contributed by atoms with van der Waals surface area (Å²) >= 11 is 11.9. The molecule has 80 valence electrons. The maximum Gasteiger partial charge on any atom is 0.140 e. The first kappa shape index (κ1) is 9.92. The zero-order chi connectivity index (χ0) is 10.6. The quantitative estimate of drug-likeness (QED) is 0.594. The van der Waals surface area contributed by atoms with Crippen LogP contribution in [0.15, 0.2) is 21.7 Å². The predicted octanol–water partition coefficient (Wildman–Crippen LogP) is 3.62. The van der Waals surface area contributed by atoms with Gasteiger partial charge in [-0.1, -0.05) is 34.9 Å². The minimum atomic E-state index is 0.125.